The lowest BCUT2D eigenvalue weighted by atomic mass is 10.3. The molecule has 0 saturated heterocycles. The van der Waals surface area contributed by atoms with Gasteiger partial charge in [0, 0.05) is 13.0 Å². The third kappa shape index (κ3) is 5.33. The van der Waals surface area contributed by atoms with Gasteiger partial charge in [-0.2, -0.15) is 0 Å². The van der Waals surface area contributed by atoms with Gasteiger partial charge in [-0.15, -0.1) is 0 Å². The van der Waals surface area contributed by atoms with Crippen molar-refractivity contribution in [2.45, 2.75) is 19.1 Å². The lowest BCUT2D eigenvalue weighted by molar-refractivity contribution is -0.0559. The van der Waals surface area contributed by atoms with Gasteiger partial charge < -0.3 is 20.7 Å². The van der Waals surface area contributed by atoms with Crippen LogP contribution in [0.15, 0.2) is 0 Å². The van der Waals surface area contributed by atoms with E-state index >= 15 is 0 Å². The number of aliphatic hydroxyl groups excluding tert-OH is 2. The molecule has 1 amide bonds. The van der Waals surface area contributed by atoms with Crippen LogP contribution in [0, 0.1) is 0 Å². The van der Waals surface area contributed by atoms with Crippen molar-refractivity contribution in [3.05, 3.63) is 0 Å². The van der Waals surface area contributed by atoms with Crippen LogP contribution in [0.4, 0.5) is 4.79 Å². The number of ether oxygens (including phenoxy) is 1. The zero-order valence-electron chi connectivity index (χ0n) is 5.49. The number of rotatable bonds is 4. The standard InChI is InChI=1S/C5H11NO4/c6-5(9)10-4(8)2-1-3-7/h4,7-8H,1-3H2,(H2,6,9). The van der Waals surface area contributed by atoms with E-state index < -0.39 is 12.4 Å². The Morgan fingerprint density at radius 3 is 2.70 bits per heavy atom. The highest BCUT2D eigenvalue weighted by Crippen LogP contribution is 1.96. The Morgan fingerprint density at radius 1 is 1.70 bits per heavy atom. The zero-order valence-corrected chi connectivity index (χ0v) is 5.49. The summed E-state index contributed by atoms with van der Waals surface area (Å²) in [7, 11) is 0. The first-order valence-corrected chi connectivity index (χ1v) is 2.92. The largest absolute Gasteiger partial charge is 0.420 e. The fraction of sp³-hybridized carbons (Fsp3) is 0.800. The quantitative estimate of drug-likeness (QED) is 0.455. The summed E-state index contributed by atoms with van der Waals surface area (Å²) in [6.45, 7) is -0.0425. The highest BCUT2D eigenvalue weighted by Gasteiger charge is 2.05. The molecule has 0 aliphatic heterocycles. The third-order valence-corrected chi connectivity index (χ3v) is 0.861. The topological polar surface area (TPSA) is 92.8 Å². The zero-order chi connectivity index (χ0) is 7.98. The molecule has 0 spiro atoms. The fourth-order valence-corrected chi connectivity index (χ4v) is 0.459. The molecular weight excluding hydrogens is 138 g/mol. The normalized spacial score (nSPS) is 12.6. The molecule has 0 rings (SSSR count). The van der Waals surface area contributed by atoms with E-state index in [1.165, 1.54) is 0 Å². The number of carbonyl (C=O) groups excluding carboxylic acids is 1. The van der Waals surface area contributed by atoms with Crippen molar-refractivity contribution >= 4 is 6.09 Å². The van der Waals surface area contributed by atoms with Gasteiger partial charge in [-0.1, -0.05) is 0 Å². The van der Waals surface area contributed by atoms with Crippen molar-refractivity contribution in [2.24, 2.45) is 5.73 Å². The van der Waals surface area contributed by atoms with Gasteiger partial charge in [0.2, 0.25) is 6.29 Å². The molecule has 0 saturated carbocycles. The maximum Gasteiger partial charge on any atom is 0.406 e. The van der Waals surface area contributed by atoms with Crippen LogP contribution in [-0.2, 0) is 4.74 Å². The predicted molar refractivity (Wildman–Crippen MR) is 33.0 cm³/mol. The summed E-state index contributed by atoms with van der Waals surface area (Å²) in [5.41, 5.74) is 4.58. The van der Waals surface area contributed by atoms with Crippen LogP contribution >= 0.6 is 0 Å². The minimum Gasteiger partial charge on any atom is -0.420 e. The average molecular weight is 149 g/mol. The van der Waals surface area contributed by atoms with Gasteiger partial charge in [-0.05, 0) is 6.42 Å². The van der Waals surface area contributed by atoms with Crippen LogP contribution in [0.1, 0.15) is 12.8 Å². The summed E-state index contributed by atoms with van der Waals surface area (Å²) in [5.74, 6) is 0. The van der Waals surface area contributed by atoms with Crippen molar-refractivity contribution < 1.29 is 19.7 Å². The first-order chi connectivity index (χ1) is 4.66. The van der Waals surface area contributed by atoms with Gasteiger partial charge in [-0.3, -0.25) is 0 Å². The molecule has 0 bridgehead atoms. The predicted octanol–water partition coefficient (Wildman–Crippen LogP) is -0.827. The Kier molecular flexibility index (Phi) is 4.61. The second-order valence-corrected chi connectivity index (χ2v) is 1.76. The summed E-state index contributed by atoms with van der Waals surface area (Å²) in [6.07, 6.45) is -1.61. The van der Waals surface area contributed by atoms with E-state index in [9.17, 15) is 4.79 Å². The molecule has 0 fully saturated rings. The highest BCUT2D eigenvalue weighted by atomic mass is 16.6. The molecule has 60 valence electrons. The minimum absolute atomic E-state index is 0.0425. The van der Waals surface area contributed by atoms with Gasteiger partial charge in [-0.25, -0.2) is 4.79 Å². The van der Waals surface area contributed by atoms with Crippen molar-refractivity contribution in [3.8, 4) is 0 Å². The van der Waals surface area contributed by atoms with Crippen molar-refractivity contribution in [3.63, 3.8) is 0 Å². The Bertz CT molecular complexity index is 106. The van der Waals surface area contributed by atoms with Crippen LogP contribution in [0.2, 0.25) is 0 Å². The smallest absolute Gasteiger partial charge is 0.406 e. The lowest BCUT2D eigenvalue weighted by Gasteiger charge is -2.07. The molecule has 0 aromatic carbocycles. The molecular formula is C5H11NO4. The van der Waals surface area contributed by atoms with Crippen LogP contribution < -0.4 is 5.73 Å². The molecule has 1 unspecified atom stereocenters. The first kappa shape index (κ1) is 9.19. The fourth-order valence-electron chi connectivity index (χ4n) is 0.459. The maximum absolute atomic E-state index is 9.95. The van der Waals surface area contributed by atoms with E-state index in [0.717, 1.165) is 0 Å². The van der Waals surface area contributed by atoms with Crippen molar-refractivity contribution in [1.29, 1.82) is 0 Å². The molecule has 0 heterocycles. The van der Waals surface area contributed by atoms with Crippen LogP contribution in [0.25, 0.3) is 0 Å². The third-order valence-electron chi connectivity index (χ3n) is 0.861. The van der Waals surface area contributed by atoms with Crippen molar-refractivity contribution in [1.82, 2.24) is 0 Å². The number of aliphatic hydroxyl groups is 2. The SMILES string of the molecule is NC(=O)OC(O)CCCO. The average Bonchev–Trinajstić information content (AvgIpc) is 1.82. The molecule has 0 radical (unpaired) electrons. The summed E-state index contributed by atoms with van der Waals surface area (Å²) in [4.78, 5) is 9.95. The van der Waals surface area contributed by atoms with Crippen LogP contribution in [0.3, 0.4) is 0 Å². The Labute approximate surface area is 58.4 Å². The van der Waals surface area contributed by atoms with Crippen LogP contribution in [-0.4, -0.2) is 29.2 Å². The number of hydrogen-bond donors (Lipinski definition) is 3. The first-order valence-electron chi connectivity index (χ1n) is 2.92. The molecule has 0 aliphatic carbocycles. The molecule has 4 N–H and O–H groups in total. The maximum atomic E-state index is 9.95. The monoisotopic (exact) mass is 149 g/mol. The van der Waals surface area contributed by atoms with E-state index in [2.05, 4.69) is 10.5 Å². The van der Waals surface area contributed by atoms with E-state index in [-0.39, 0.29) is 13.0 Å². The van der Waals surface area contributed by atoms with Gasteiger partial charge in [0.05, 0.1) is 0 Å². The van der Waals surface area contributed by atoms with Gasteiger partial charge in [0.1, 0.15) is 0 Å². The number of primary amides is 1. The highest BCUT2D eigenvalue weighted by molar-refractivity contribution is 5.64. The van der Waals surface area contributed by atoms with E-state index in [1.807, 2.05) is 0 Å². The Hall–Kier alpha value is -0.810. The number of carbonyl (C=O) groups is 1. The van der Waals surface area contributed by atoms with Gasteiger partial charge in [0.15, 0.2) is 0 Å². The van der Waals surface area contributed by atoms with Crippen LogP contribution in [0.5, 0.6) is 0 Å². The summed E-state index contributed by atoms with van der Waals surface area (Å²) < 4.78 is 4.14. The lowest BCUT2D eigenvalue weighted by Crippen LogP contribution is -2.22. The van der Waals surface area contributed by atoms with Crippen molar-refractivity contribution in [2.75, 3.05) is 6.61 Å². The van der Waals surface area contributed by atoms with Gasteiger partial charge >= 0.3 is 6.09 Å². The summed E-state index contributed by atoms with van der Waals surface area (Å²) in [6, 6.07) is 0. The number of nitrogens with two attached hydrogens (primary N) is 1. The molecule has 0 aliphatic rings. The second kappa shape index (κ2) is 5.01. The molecule has 0 aromatic rings. The molecule has 0 aromatic heterocycles. The second-order valence-electron chi connectivity index (χ2n) is 1.76. The number of amides is 1. The minimum atomic E-state index is -1.19. The molecule has 5 heteroatoms. The number of hydrogen-bond acceptors (Lipinski definition) is 4. The molecule has 5 nitrogen and oxygen atoms in total. The van der Waals surface area contributed by atoms with E-state index in [0.29, 0.717) is 6.42 Å². The summed E-state index contributed by atoms with van der Waals surface area (Å²) in [5, 5.41) is 17.0. The van der Waals surface area contributed by atoms with Gasteiger partial charge in [0.25, 0.3) is 0 Å². The summed E-state index contributed by atoms with van der Waals surface area (Å²) >= 11 is 0. The Morgan fingerprint density at radius 2 is 2.30 bits per heavy atom. The molecule has 10 heavy (non-hydrogen) atoms. The van der Waals surface area contributed by atoms with E-state index in [1.54, 1.807) is 0 Å². The van der Waals surface area contributed by atoms with E-state index in [4.69, 9.17) is 10.2 Å². The molecule has 1 atom stereocenters. The Balaban J connectivity index is 3.25.